The second kappa shape index (κ2) is 3.98. The zero-order valence-electron chi connectivity index (χ0n) is 9.10. The maximum atomic E-state index is 10.9. The molecule has 2 aromatic rings. The summed E-state index contributed by atoms with van der Waals surface area (Å²) in [6.07, 6.45) is 0. The first-order valence-corrected chi connectivity index (χ1v) is 5.23. The van der Waals surface area contributed by atoms with E-state index in [1.165, 1.54) is 0 Å². The van der Waals surface area contributed by atoms with Gasteiger partial charge in [0.05, 0.1) is 5.56 Å². The lowest BCUT2D eigenvalue weighted by atomic mass is 10.1. The van der Waals surface area contributed by atoms with Gasteiger partial charge in [0.15, 0.2) is 0 Å². The third-order valence-electron chi connectivity index (χ3n) is 2.76. The second-order valence-corrected chi connectivity index (χ2v) is 3.66. The predicted molar refractivity (Wildman–Crippen MR) is 62.5 cm³/mol. The van der Waals surface area contributed by atoms with E-state index in [9.17, 15) is 4.79 Å². The Morgan fingerprint density at radius 2 is 2.19 bits per heavy atom. The first-order chi connectivity index (χ1) is 7.67. The van der Waals surface area contributed by atoms with Crippen molar-refractivity contribution >= 4 is 16.9 Å². The zero-order valence-corrected chi connectivity index (χ0v) is 9.10. The van der Waals surface area contributed by atoms with Crippen LogP contribution >= 0.6 is 0 Å². The Kier molecular flexibility index (Phi) is 2.66. The Labute approximate surface area is 93.3 Å². The molecule has 0 fully saturated rings. The molecule has 0 aliphatic rings. The Bertz CT molecular complexity index is 543. The summed E-state index contributed by atoms with van der Waals surface area (Å²) >= 11 is 0. The highest BCUT2D eigenvalue weighted by Crippen LogP contribution is 2.21. The summed E-state index contributed by atoms with van der Waals surface area (Å²) in [7, 11) is 0. The monoisotopic (exact) mass is 218 g/mol. The van der Waals surface area contributed by atoms with Crippen LogP contribution in [-0.4, -0.2) is 15.6 Å². The lowest BCUT2D eigenvalue weighted by Crippen LogP contribution is -2.05. The summed E-state index contributed by atoms with van der Waals surface area (Å²) in [5.41, 5.74) is 7.92. The number of nitrogens with zero attached hydrogens (tertiary/aromatic N) is 1. The average Bonchev–Trinajstić information content (AvgIpc) is 2.65. The van der Waals surface area contributed by atoms with E-state index >= 15 is 0 Å². The summed E-state index contributed by atoms with van der Waals surface area (Å²) in [5, 5.41) is 9.97. The van der Waals surface area contributed by atoms with Crippen LogP contribution in [0.5, 0.6) is 0 Å². The summed E-state index contributed by atoms with van der Waals surface area (Å²) in [5.74, 6) is -0.903. The number of hydrogen-bond donors (Lipinski definition) is 2. The fourth-order valence-electron chi connectivity index (χ4n) is 1.99. The third kappa shape index (κ3) is 1.57. The molecule has 0 aliphatic carbocycles. The van der Waals surface area contributed by atoms with Crippen molar-refractivity contribution in [1.29, 1.82) is 0 Å². The van der Waals surface area contributed by atoms with E-state index in [4.69, 9.17) is 10.8 Å². The van der Waals surface area contributed by atoms with Crippen molar-refractivity contribution < 1.29 is 9.90 Å². The molecule has 0 bridgehead atoms. The van der Waals surface area contributed by atoms with Gasteiger partial charge < -0.3 is 15.4 Å². The number of rotatable bonds is 3. The number of aryl methyl sites for hydroxylation is 1. The van der Waals surface area contributed by atoms with Crippen molar-refractivity contribution in [2.45, 2.75) is 20.0 Å². The van der Waals surface area contributed by atoms with Gasteiger partial charge in [0.2, 0.25) is 0 Å². The number of nitrogens with two attached hydrogens (primary N) is 1. The van der Waals surface area contributed by atoms with Crippen molar-refractivity contribution in [2.75, 3.05) is 0 Å². The molecular formula is C12H14N2O2. The molecule has 0 spiro atoms. The fraction of sp³-hybridized carbons (Fsp3) is 0.250. The molecule has 2 rings (SSSR count). The summed E-state index contributed by atoms with van der Waals surface area (Å²) < 4.78 is 2.04. The van der Waals surface area contributed by atoms with E-state index in [1.54, 1.807) is 12.1 Å². The van der Waals surface area contributed by atoms with Gasteiger partial charge in [0, 0.05) is 24.3 Å². The van der Waals surface area contributed by atoms with Crippen LogP contribution in [0.3, 0.4) is 0 Å². The third-order valence-corrected chi connectivity index (χ3v) is 2.76. The minimum atomic E-state index is -0.903. The molecule has 0 saturated heterocycles. The quantitative estimate of drug-likeness (QED) is 0.825. The van der Waals surface area contributed by atoms with Gasteiger partial charge in [0.25, 0.3) is 0 Å². The number of aromatic nitrogens is 1. The molecule has 16 heavy (non-hydrogen) atoms. The summed E-state index contributed by atoms with van der Waals surface area (Å²) in [6, 6.07) is 7.14. The van der Waals surface area contributed by atoms with Crippen LogP contribution < -0.4 is 5.73 Å². The van der Waals surface area contributed by atoms with Gasteiger partial charge in [-0.05, 0) is 30.5 Å². The zero-order chi connectivity index (χ0) is 11.7. The van der Waals surface area contributed by atoms with Gasteiger partial charge in [-0.25, -0.2) is 4.79 Å². The van der Waals surface area contributed by atoms with Gasteiger partial charge in [-0.1, -0.05) is 6.07 Å². The summed E-state index contributed by atoms with van der Waals surface area (Å²) in [6.45, 7) is 3.27. The minimum absolute atomic E-state index is 0.309. The lowest BCUT2D eigenvalue weighted by Gasteiger charge is -2.05. The molecule has 4 heteroatoms. The maximum absolute atomic E-state index is 10.9. The number of aromatic carboxylic acids is 1. The molecule has 0 amide bonds. The molecule has 0 saturated carbocycles. The van der Waals surface area contributed by atoms with E-state index in [2.05, 4.69) is 0 Å². The highest BCUT2D eigenvalue weighted by Gasteiger charge is 2.09. The van der Waals surface area contributed by atoms with Crippen molar-refractivity contribution in [3.63, 3.8) is 0 Å². The van der Waals surface area contributed by atoms with Gasteiger partial charge in [-0.2, -0.15) is 0 Å². The highest BCUT2D eigenvalue weighted by molar-refractivity contribution is 5.93. The van der Waals surface area contributed by atoms with Crippen molar-refractivity contribution in [2.24, 2.45) is 5.73 Å². The van der Waals surface area contributed by atoms with Crippen molar-refractivity contribution in [3.05, 3.63) is 35.5 Å². The predicted octanol–water partition coefficient (Wildman–Crippen LogP) is 1.82. The first-order valence-electron chi connectivity index (χ1n) is 5.23. The maximum Gasteiger partial charge on any atom is 0.335 e. The molecule has 84 valence electrons. The standard InChI is InChI=1S/C12H14N2O2/c1-2-14-10(7-13)5-8-3-4-9(12(15)16)6-11(8)14/h3-6H,2,7,13H2,1H3,(H,15,16). The van der Waals surface area contributed by atoms with Crippen LogP contribution in [0, 0.1) is 0 Å². The van der Waals surface area contributed by atoms with Crippen LogP contribution in [-0.2, 0) is 13.1 Å². The van der Waals surface area contributed by atoms with E-state index < -0.39 is 5.97 Å². The topological polar surface area (TPSA) is 68.2 Å². The van der Waals surface area contributed by atoms with Gasteiger partial charge in [-0.3, -0.25) is 0 Å². The van der Waals surface area contributed by atoms with Crippen LogP contribution in [0.4, 0.5) is 0 Å². The Morgan fingerprint density at radius 1 is 1.44 bits per heavy atom. The minimum Gasteiger partial charge on any atom is -0.478 e. The SMILES string of the molecule is CCn1c(CN)cc2ccc(C(=O)O)cc21. The molecule has 4 nitrogen and oxygen atoms in total. The van der Waals surface area contributed by atoms with Gasteiger partial charge in [0.1, 0.15) is 0 Å². The number of fused-ring (bicyclic) bond motifs is 1. The van der Waals surface area contributed by atoms with Gasteiger partial charge >= 0.3 is 5.97 Å². The van der Waals surface area contributed by atoms with Gasteiger partial charge in [-0.15, -0.1) is 0 Å². The number of carboxylic acid groups (broad SMARTS) is 1. The van der Waals surface area contributed by atoms with Crippen LogP contribution in [0.25, 0.3) is 10.9 Å². The van der Waals surface area contributed by atoms with Crippen molar-refractivity contribution in [1.82, 2.24) is 4.57 Å². The number of hydrogen-bond acceptors (Lipinski definition) is 2. The average molecular weight is 218 g/mol. The Hall–Kier alpha value is -1.81. The molecule has 0 aliphatic heterocycles. The smallest absolute Gasteiger partial charge is 0.335 e. The largest absolute Gasteiger partial charge is 0.478 e. The normalized spacial score (nSPS) is 10.9. The first kappa shape index (κ1) is 10.7. The molecule has 0 unspecified atom stereocenters. The number of benzene rings is 1. The van der Waals surface area contributed by atoms with E-state index in [0.29, 0.717) is 12.1 Å². The van der Waals surface area contributed by atoms with Crippen LogP contribution in [0.15, 0.2) is 24.3 Å². The highest BCUT2D eigenvalue weighted by atomic mass is 16.4. The molecule has 1 aromatic heterocycles. The lowest BCUT2D eigenvalue weighted by molar-refractivity contribution is 0.0697. The molecule has 3 N–H and O–H groups in total. The van der Waals surface area contributed by atoms with Crippen LogP contribution in [0.2, 0.25) is 0 Å². The molecule has 0 atom stereocenters. The van der Waals surface area contributed by atoms with Crippen molar-refractivity contribution in [3.8, 4) is 0 Å². The Balaban J connectivity index is 2.70. The number of carbonyl (C=O) groups is 1. The Morgan fingerprint density at radius 3 is 2.75 bits per heavy atom. The van der Waals surface area contributed by atoms with E-state index in [0.717, 1.165) is 23.1 Å². The van der Waals surface area contributed by atoms with E-state index in [1.807, 2.05) is 23.6 Å². The fourth-order valence-corrected chi connectivity index (χ4v) is 1.99. The molecule has 1 aromatic carbocycles. The van der Waals surface area contributed by atoms with E-state index in [-0.39, 0.29) is 0 Å². The molecular weight excluding hydrogens is 204 g/mol. The number of carboxylic acids is 1. The van der Waals surface area contributed by atoms with Crippen LogP contribution in [0.1, 0.15) is 23.0 Å². The second-order valence-electron chi connectivity index (χ2n) is 3.66. The molecule has 0 radical (unpaired) electrons. The summed E-state index contributed by atoms with van der Waals surface area (Å²) in [4.78, 5) is 10.9. The molecule has 1 heterocycles.